The van der Waals surface area contributed by atoms with Gasteiger partial charge in [0, 0.05) is 18.1 Å². The number of ether oxygens (including phenoxy) is 1. The van der Waals surface area contributed by atoms with Gasteiger partial charge in [-0.3, -0.25) is 0 Å². The number of nitrogens with one attached hydrogen (secondary N) is 1. The monoisotopic (exact) mass is 383 g/mol. The average molecular weight is 383 g/mol. The summed E-state index contributed by atoms with van der Waals surface area (Å²) >= 11 is 1.61. The number of rotatable bonds is 8. The van der Waals surface area contributed by atoms with Crippen molar-refractivity contribution in [2.75, 3.05) is 18.8 Å². The quantitative estimate of drug-likeness (QED) is 0.554. The van der Waals surface area contributed by atoms with E-state index in [1.807, 2.05) is 66.7 Å². The maximum absolute atomic E-state index is 12.3. The molecule has 2 aromatic rings. The molecule has 27 heavy (non-hydrogen) atoms. The van der Waals surface area contributed by atoms with E-state index in [9.17, 15) is 9.59 Å². The highest BCUT2D eigenvalue weighted by molar-refractivity contribution is 7.98. The van der Waals surface area contributed by atoms with Crippen LogP contribution >= 0.6 is 11.8 Å². The summed E-state index contributed by atoms with van der Waals surface area (Å²) in [5.41, 5.74) is 2.01. The summed E-state index contributed by atoms with van der Waals surface area (Å²) in [6.07, 6.45) is -0.727. The number of hydrogen-bond donors (Lipinski definition) is 1. The van der Waals surface area contributed by atoms with Crippen molar-refractivity contribution in [3.05, 3.63) is 71.8 Å². The topological polar surface area (TPSA) is 82.4 Å². The SMILES string of the molecule is N#CCNC(=O)N(CCSCc1ccccc1)C(=O)OCc1ccccc1. The van der Waals surface area contributed by atoms with E-state index in [1.54, 1.807) is 11.8 Å². The average Bonchev–Trinajstić information content (AvgIpc) is 2.72. The van der Waals surface area contributed by atoms with Crippen molar-refractivity contribution in [2.45, 2.75) is 12.4 Å². The zero-order chi connectivity index (χ0) is 19.3. The van der Waals surface area contributed by atoms with Crippen LogP contribution in [0, 0.1) is 11.3 Å². The van der Waals surface area contributed by atoms with Crippen molar-refractivity contribution >= 4 is 23.9 Å². The Balaban J connectivity index is 1.86. The van der Waals surface area contributed by atoms with Crippen LogP contribution in [-0.2, 0) is 17.1 Å². The summed E-state index contributed by atoms with van der Waals surface area (Å²) < 4.78 is 5.24. The molecule has 0 aliphatic heterocycles. The number of carbonyl (C=O) groups excluding carboxylic acids is 2. The normalized spacial score (nSPS) is 9.89. The number of carbonyl (C=O) groups is 2. The van der Waals surface area contributed by atoms with Gasteiger partial charge in [0.05, 0.1) is 6.07 Å². The second kappa shape index (κ2) is 11.6. The van der Waals surface area contributed by atoms with Crippen molar-refractivity contribution in [3.63, 3.8) is 0 Å². The summed E-state index contributed by atoms with van der Waals surface area (Å²) in [6.45, 7) is 0.111. The molecule has 0 saturated carbocycles. The van der Waals surface area contributed by atoms with E-state index in [4.69, 9.17) is 10.00 Å². The number of urea groups is 1. The standard InChI is InChI=1S/C20H21N3O3S/c21-11-12-22-19(24)23(13-14-27-16-18-9-5-2-6-10-18)20(25)26-15-17-7-3-1-4-8-17/h1-10H,12-16H2,(H,22,24). The van der Waals surface area contributed by atoms with Gasteiger partial charge in [-0.1, -0.05) is 60.7 Å². The van der Waals surface area contributed by atoms with Gasteiger partial charge in [-0.2, -0.15) is 17.0 Å². The van der Waals surface area contributed by atoms with Crippen molar-refractivity contribution in [2.24, 2.45) is 0 Å². The van der Waals surface area contributed by atoms with Crippen LogP contribution in [0.1, 0.15) is 11.1 Å². The van der Waals surface area contributed by atoms with E-state index in [2.05, 4.69) is 5.32 Å². The Bertz CT molecular complexity index is 763. The molecule has 0 radical (unpaired) electrons. The van der Waals surface area contributed by atoms with E-state index < -0.39 is 12.1 Å². The second-order valence-corrected chi connectivity index (χ2v) is 6.65. The van der Waals surface area contributed by atoms with Gasteiger partial charge < -0.3 is 10.1 Å². The van der Waals surface area contributed by atoms with Gasteiger partial charge in [-0.15, -0.1) is 0 Å². The van der Waals surface area contributed by atoms with E-state index in [0.29, 0.717) is 5.75 Å². The molecule has 0 aliphatic rings. The Morgan fingerprint density at radius 1 is 1.04 bits per heavy atom. The predicted molar refractivity (Wildman–Crippen MR) is 105 cm³/mol. The number of imide groups is 1. The molecule has 0 saturated heterocycles. The number of amides is 3. The van der Waals surface area contributed by atoms with Crippen LogP contribution < -0.4 is 5.32 Å². The Morgan fingerprint density at radius 2 is 1.67 bits per heavy atom. The van der Waals surface area contributed by atoms with Crippen LogP contribution in [0.25, 0.3) is 0 Å². The number of nitrogens with zero attached hydrogens (tertiary/aromatic N) is 2. The van der Waals surface area contributed by atoms with Crippen LogP contribution in [0.5, 0.6) is 0 Å². The van der Waals surface area contributed by atoms with Crippen LogP contribution in [0.3, 0.4) is 0 Å². The first-order valence-electron chi connectivity index (χ1n) is 8.45. The zero-order valence-electron chi connectivity index (χ0n) is 14.8. The van der Waals surface area contributed by atoms with Crippen LogP contribution in [-0.4, -0.2) is 35.9 Å². The third kappa shape index (κ3) is 7.42. The molecule has 0 fully saturated rings. The largest absolute Gasteiger partial charge is 0.444 e. The maximum atomic E-state index is 12.3. The highest BCUT2D eigenvalue weighted by atomic mass is 32.2. The van der Waals surface area contributed by atoms with Gasteiger partial charge in [0.2, 0.25) is 0 Å². The van der Waals surface area contributed by atoms with Gasteiger partial charge in [-0.05, 0) is 11.1 Å². The minimum absolute atomic E-state index is 0.0822. The smallest absolute Gasteiger partial charge is 0.418 e. The lowest BCUT2D eigenvalue weighted by atomic mass is 10.2. The second-order valence-electron chi connectivity index (χ2n) is 5.55. The molecule has 140 valence electrons. The lowest BCUT2D eigenvalue weighted by Crippen LogP contribution is -2.45. The van der Waals surface area contributed by atoms with Gasteiger partial charge in [-0.25, -0.2) is 14.5 Å². The molecule has 0 spiro atoms. The van der Waals surface area contributed by atoms with E-state index >= 15 is 0 Å². The molecule has 0 bridgehead atoms. The lowest BCUT2D eigenvalue weighted by molar-refractivity contribution is 0.106. The van der Waals surface area contributed by atoms with E-state index in [0.717, 1.165) is 16.2 Å². The van der Waals surface area contributed by atoms with Gasteiger partial charge >= 0.3 is 12.1 Å². The molecule has 0 aromatic heterocycles. The summed E-state index contributed by atoms with van der Waals surface area (Å²) in [6, 6.07) is 20.4. The molecule has 7 heteroatoms. The third-order valence-corrected chi connectivity index (χ3v) is 4.57. The molecule has 2 aromatic carbocycles. The number of benzene rings is 2. The highest BCUT2D eigenvalue weighted by Crippen LogP contribution is 2.12. The lowest BCUT2D eigenvalue weighted by Gasteiger charge is -2.20. The Morgan fingerprint density at radius 3 is 2.30 bits per heavy atom. The Labute approximate surface area is 163 Å². The molecule has 3 amide bonds. The first kappa shape index (κ1) is 20.3. The van der Waals surface area contributed by atoms with Crippen LogP contribution in [0.2, 0.25) is 0 Å². The van der Waals surface area contributed by atoms with Crippen molar-refractivity contribution in [1.82, 2.24) is 10.2 Å². The Kier molecular flexibility index (Phi) is 8.74. The van der Waals surface area contributed by atoms with Crippen molar-refractivity contribution in [1.29, 1.82) is 5.26 Å². The molecule has 2 rings (SSSR count). The molecule has 0 unspecified atom stereocenters. The number of thioether (sulfide) groups is 1. The summed E-state index contributed by atoms with van der Waals surface area (Å²) in [4.78, 5) is 25.5. The molecule has 1 N–H and O–H groups in total. The van der Waals surface area contributed by atoms with Crippen LogP contribution in [0.4, 0.5) is 9.59 Å². The maximum Gasteiger partial charge on any atom is 0.418 e. The fourth-order valence-corrected chi connectivity index (χ4v) is 3.09. The van der Waals surface area contributed by atoms with Crippen molar-refractivity contribution in [3.8, 4) is 6.07 Å². The zero-order valence-corrected chi connectivity index (χ0v) is 15.7. The molecule has 0 heterocycles. The first-order chi connectivity index (χ1) is 13.2. The predicted octanol–water partition coefficient (Wildman–Crippen LogP) is 3.79. The fourth-order valence-electron chi connectivity index (χ4n) is 2.20. The minimum atomic E-state index is -0.727. The first-order valence-corrected chi connectivity index (χ1v) is 9.61. The van der Waals surface area contributed by atoms with Gasteiger partial charge in [0.1, 0.15) is 13.2 Å². The number of nitriles is 1. The summed E-state index contributed by atoms with van der Waals surface area (Å²) in [7, 11) is 0. The van der Waals surface area contributed by atoms with E-state index in [-0.39, 0.29) is 19.7 Å². The van der Waals surface area contributed by atoms with Crippen molar-refractivity contribution < 1.29 is 14.3 Å². The Hall–Kier alpha value is -2.98. The minimum Gasteiger partial charge on any atom is -0.444 e. The van der Waals surface area contributed by atoms with E-state index in [1.165, 1.54) is 5.56 Å². The molecule has 0 atom stereocenters. The number of hydrogen-bond acceptors (Lipinski definition) is 5. The summed E-state index contributed by atoms with van der Waals surface area (Å²) in [5, 5.41) is 11.0. The third-order valence-electron chi connectivity index (χ3n) is 3.56. The van der Waals surface area contributed by atoms with Gasteiger partial charge in [0.15, 0.2) is 0 Å². The summed E-state index contributed by atoms with van der Waals surface area (Å²) in [5.74, 6) is 1.35. The molecular weight excluding hydrogens is 362 g/mol. The molecular formula is C20H21N3O3S. The fraction of sp³-hybridized carbons (Fsp3) is 0.250. The molecule has 0 aliphatic carbocycles. The van der Waals surface area contributed by atoms with Gasteiger partial charge in [0.25, 0.3) is 0 Å². The molecule has 6 nitrogen and oxygen atoms in total. The highest BCUT2D eigenvalue weighted by Gasteiger charge is 2.22. The van der Waals surface area contributed by atoms with Crippen LogP contribution in [0.15, 0.2) is 60.7 Å².